The first-order chi connectivity index (χ1) is 21.8. The van der Waals surface area contributed by atoms with E-state index in [4.69, 9.17) is 19.4 Å². The number of nitrogens with zero attached hydrogens (tertiary/aromatic N) is 7. The number of aromatic nitrogens is 2. The number of ether oxygens (including phenoxy) is 2. The van der Waals surface area contributed by atoms with Crippen molar-refractivity contribution in [3.63, 3.8) is 0 Å². The molecule has 0 radical (unpaired) electrons. The molecule has 3 aromatic rings. The molecule has 236 valence electrons. The van der Waals surface area contributed by atoms with Crippen molar-refractivity contribution in [1.82, 2.24) is 19.8 Å². The predicted octanol–water partition coefficient (Wildman–Crippen LogP) is 4.01. The van der Waals surface area contributed by atoms with Gasteiger partial charge < -0.3 is 24.2 Å². The minimum Gasteiger partial charge on any atom is -0.462 e. The largest absolute Gasteiger partial charge is 0.462 e. The van der Waals surface area contributed by atoms with Crippen molar-refractivity contribution in [2.75, 3.05) is 63.3 Å². The van der Waals surface area contributed by atoms with Gasteiger partial charge in [0.15, 0.2) is 5.83 Å². The molecular formula is C34H40FN7O3. The number of hydrogen-bond donors (Lipinski definition) is 0. The quantitative estimate of drug-likeness (QED) is 0.349. The zero-order valence-electron chi connectivity index (χ0n) is 26.2. The van der Waals surface area contributed by atoms with Gasteiger partial charge in [-0.25, -0.2) is 4.39 Å². The SMILES string of the molecule is C=C(F)C(=O)N1CCN(c2nc(OC[C@@H]3C[C@@H](OC)CN3C)nc3c2CCN(c2cccc4cccc(C)c24)C3)C[C@@H]1CC#N. The summed E-state index contributed by atoms with van der Waals surface area (Å²) >= 11 is 0. The average Bonchev–Trinajstić information content (AvgIpc) is 3.42. The topological polar surface area (TPSA) is 98.1 Å². The zero-order chi connectivity index (χ0) is 31.7. The summed E-state index contributed by atoms with van der Waals surface area (Å²) in [5.41, 5.74) is 4.33. The van der Waals surface area contributed by atoms with E-state index in [1.165, 1.54) is 26.9 Å². The van der Waals surface area contributed by atoms with Crippen molar-refractivity contribution < 1.29 is 18.7 Å². The second kappa shape index (κ2) is 13.0. The number of anilines is 2. The van der Waals surface area contributed by atoms with E-state index in [0.29, 0.717) is 32.3 Å². The molecule has 2 aromatic carbocycles. The lowest BCUT2D eigenvalue weighted by molar-refractivity contribution is -0.131. The van der Waals surface area contributed by atoms with Crippen LogP contribution in [0.4, 0.5) is 15.9 Å². The minimum atomic E-state index is -1.02. The van der Waals surface area contributed by atoms with E-state index in [2.05, 4.69) is 77.7 Å². The van der Waals surface area contributed by atoms with E-state index < -0.39 is 17.8 Å². The number of methoxy groups -OCH3 is 1. The number of halogens is 1. The third kappa shape index (κ3) is 6.17. The van der Waals surface area contributed by atoms with Crippen LogP contribution < -0.4 is 14.5 Å². The summed E-state index contributed by atoms with van der Waals surface area (Å²) < 4.78 is 25.7. The van der Waals surface area contributed by atoms with Crippen molar-refractivity contribution >= 4 is 28.2 Å². The number of benzene rings is 2. The summed E-state index contributed by atoms with van der Waals surface area (Å²) in [7, 11) is 3.80. The molecular weight excluding hydrogens is 573 g/mol. The molecule has 1 aromatic heterocycles. The molecule has 2 saturated heterocycles. The summed E-state index contributed by atoms with van der Waals surface area (Å²) in [6.07, 6.45) is 1.83. The molecule has 0 bridgehead atoms. The van der Waals surface area contributed by atoms with Crippen LogP contribution in [0, 0.1) is 18.3 Å². The van der Waals surface area contributed by atoms with Gasteiger partial charge in [-0.1, -0.05) is 36.9 Å². The van der Waals surface area contributed by atoms with Crippen LogP contribution in [-0.2, 0) is 22.5 Å². The smallest absolute Gasteiger partial charge is 0.318 e. The lowest BCUT2D eigenvalue weighted by Gasteiger charge is -2.42. The normalized spacial score (nSPS) is 21.9. The van der Waals surface area contributed by atoms with Gasteiger partial charge in [0.2, 0.25) is 0 Å². The van der Waals surface area contributed by atoms with Gasteiger partial charge in [-0.15, -0.1) is 0 Å². The third-order valence-corrected chi connectivity index (χ3v) is 9.44. The molecule has 0 unspecified atom stereocenters. The van der Waals surface area contributed by atoms with Crippen LogP contribution in [0.25, 0.3) is 10.8 Å². The van der Waals surface area contributed by atoms with E-state index in [1.54, 1.807) is 7.11 Å². The fourth-order valence-corrected chi connectivity index (χ4v) is 7.01. The lowest BCUT2D eigenvalue weighted by atomic mass is 9.99. The Kier molecular flexibility index (Phi) is 8.88. The number of rotatable bonds is 8. The minimum absolute atomic E-state index is 0.0784. The van der Waals surface area contributed by atoms with Gasteiger partial charge in [0, 0.05) is 62.5 Å². The van der Waals surface area contributed by atoms with Crippen LogP contribution in [0.3, 0.4) is 0 Å². The van der Waals surface area contributed by atoms with Crippen molar-refractivity contribution in [3.8, 4) is 12.1 Å². The van der Waals surface area contributed by atoms with Gasteiger partial charge in [-0.2, -0.15) is 15.2 Å². The monoisotopic (exact) mass is 613 g/mol. The Bertz CT molecular complexity index is 1640. The molecule has 6 rings (SSSR count). The van der Waals surface area contributed by atoms with E-state index >= 15 is 0 Å². The summed E-state index contributed by atoms with van der Waals surface area (Å²) in [6, 6.07) is 14.9. The molecule has 3 aliphatic rings. The number of fused-ring (bicyclic) bond motifs is 2. The highest BCUT2D eigenvalue weighted by molar-refractivity contribution is 5.97. The second-order valence-corrected chi connectivity index (χ2v) is 12.2. The number of likely N-dealkylation sites (N-methyl/N-ethyl adjacent to an activating group) is 1. The summed E-state index contributed by atoms with van der Waals surface area (Å²) in [5, 5.41) is 12.0. The van der Waals surface area contributed by atoms with E-state index in [-0.39, 0.29) is 25.1 Å². The molecule has 0 saturated carbocycles. The predicted molar refractivity (Wildman–Crippen MR) is 171 cm³/mol. The standard InChI is InChI=1S/C34H40FN7O3/c1-22-7-5-8-24-9-6-10-30(31(22)24)40-14-12-28-29(20-40)37-34(45-21-26-17-27(44-4)19-39(26)3)38-32(28)41-15-16-42(33(43)23(2)35)25(18-41)11-13-36/h5-10,25-27H,2,11-12,14-21H2,1,3-4H3/t25-,26-,27+/m0/s1. The van der Waals surface area contributed by atoms with Gasteiger partial charge in [0.05, 0.1) is 36.9 Å². The molecule has 11 heteroatoms. The highest BCUT2D eigenvalue weighted by atomic mass is 19.1. The molecule has 10 nitrogen and oxygen atoms in total. The van der Waals surface area contributed by atoms with Crippen molar-refractivity contribution in [2.45, 2.75) is 50.9 Å². The zero-order valence-corrected chi connectivity index (χ0v) is 26.2. The molecule has 3 atom stereocenters. The maximum Gasteiger partial charge on any atom is 0.318 e. The number of carbonyl (C=O) groups excluding carboxylic acids is 1. The fraction of sp³-hybridized carbons (Fsp3) is 0.471. The molecule has 4 heterocycles. The Balaban J connectivity index is 1.33. The highest BCUT2D eigenvalue weighted by Crippen LogP contribution is 2.36. The van der Waals surface area contributed by atoms with Crippen LogP contribution in [0.15, 0.2) is 48.8 Å². The average molecular weight is 614 g/mol. The van der Waals surface area contributed by atoms with Crippen LogP contribution >= 0.6 is 0 Å². The number of carbonyl (C=O) groups is 1. The molecule has 0 spiro atoms. The fourth-order valence-electron chi connectivity index (χ4n) is 7.01. The molecule has 0 aliphatic carbocycles. The van der Waals surface area contributed by atoms with Gasteiger partial charge >= 0.3 is 6.01 Å². The van der Waals surface area contributed by atoms with E-state index in [9.17, 15) is 14.4 Å². The number of nitriles is 1. The van der Waals surface area contributed by atoms with Crippen molar-refractivity contribution in [3.05, 3.63) is 65.6 Å². The first-order valence-electron chi connectivity index (χ1n) is 15.5. The van der Waals surface area contributed by atoms with Crippen LogP contribution in [-0.4, -0.2) is 97.4 Å². The number of amides is 1. The maximum absolute atomic E-state index is 13.8. The molecule has 0 N–H and O–H groups in total. The van der Waals surface area contributed by atoms with Crippen LogP contribution in [0.2, 0.25) is 0 Å². The van der Waals surface area contributed by atoms with E-state index in [0.717, 1.165) is 43.0 Å². The first kappa shape index (κ1) is 30.7. The molecule has 2 fully saturated rings. The van der Waals surface area contributed by atoms with Crippen molar-refractivity contribution in [2.24, 2.45) is 0 Å². The Morgan fingerprint density at radius 3 is 2.64 bits per heavy atom. The lowest BCUT2D eigenvalue weighted by Crippen LogP contribution is -2.55. The number of likely N-dealkylation sites (tertiary alicyclic amines) is 1. The summed E-state index contributed by atoms with van der Waals surface area (Å²) in [6.45, 7) is 9.02. The Morgan fingerprint density at radius 2 is 1.91 bits per heavy atom. The number of aryl methyl sites for hydroxylation is 1. The Labute approximate surface area is 263 Å². The van der Waals surface area contributed by atoms with Gasteiger partial charge in [-0.05, 0) is 43.8 Å². The first-order valence-corrected chi connectivity index (χ1v) is 15.5. The molecule has 1 amide bonds. The second-order valence-electron chi connectivity index (χ2n) is 12.2. The summed E-state index contributed by atoms with van der Waals surface area (Å²) in [4.78, 5) is 30.6. The Morgan fingerprint density at radius 1 is 1.11 bits per heavy atom. The van der Waals surface area contributed by atoms with Gasteiger partial charge in [-0.3, -0.25) is 9.69 Å². The van der Waals surface area contributed by atoms with Gasteiger partial charge in [0.25, 0.3) is 5.91 Å². The number of hydrogen-bond acceptors (Lipinski definition) is 9. The number of piperazine rings is 1. The van der Waals surface area contributed by atoms with Gasteiger partial charge in [0.1, 0.15) is 12.4 Å². The highest BCUT2D eigenvalue weighted by Gasteiger charge is 2.35. The molecule has 3 aliphatic heterocycles. The Hall–Kier alpha value is -4.27. The molecule has 45 heavy (non-hydrogen) atoms. The van der Waals surface area contributed by atoms with Crippen LogP contribution in [0.1, 0.15) is 29.7 Å². The third-order valence-electron chi connectivity index (χ3n) is 9.44. The summed E-state index contributed by atoms with van der Waals surface area (Å²) in [5.74, 6) is -1.02. The van der Waals surface area contributed by atoms with Crippen molar-refractivity contribution in [1.29, 1.82) is 5.26 Å². The van der Waals surface area contributed by atoms with E-state index in [1.807, 2.05) is 0 Å². The maximum atomic E-state index is 13.8. The van der Waals surface area contributed by atoms with Crippen LogP contribution in [0.5, 0.6) is 6.01 Å².